The van der Waals surface area contributed by atoms with E-state index >= 15 is 0 Å². The number of hydrogen-bond donors (Lipinski definition) is 2. The van der Waals surface area contributed by atoms with Gasteiger partial charge in [-0.15, -0.1) is 0 Å². The van der Waals surface area contributed by atoms with Gasteiger partial charge in [0.05, 0.1) is 6.10 Å². The Morgan fingerprint density at radius 3 is 2.75 bits per heavy atom. The molecule has 0 spiro atoms. The summed E-state index contributed by atoms with van der Waals surface area (Å²) in [6.07, 6.45) is 10.7. The summed E-state index contributed by atoms with van der Waals surface area (Å²) in [5.41, 5.74) is 7.57. The third kappa shape index (κ3) is 2.07. The van der Waals surface area contributed by atoms with Crippen molar-refractivity contribution in [1.29, 1.82) is 0 Å². The molecule has 3 nitrogen and oxygen atoms in total. The summed E-state index contributed by atoms with van der Waals surface area (Å²) in [6, 6.07) is 0.200. The van der Waals surface area contributed by atoms with Crippen molar-refractivity contribution in [2.24, 2.45) is 40.2 Å². The van der Waals surface area contributed by atoms with Crippen LogP contribution in [0.3, 0.4) is 0 Å². The number of carbonyl (C=O) groups excluding carboxylic acids is 1. The molecular weight excluding hydrogens is 298 g/mol. The Balaban J connectivity index is 1.72. The highest BCUT2D eigenvalue weighted by Crippen LogP contribution is 2.66. The maximum atomic E-state index is 11.8. The van der Waals surface area contributed by atoms with Crippen LogP contribution in [0.25, 0.3) is 0 Å². The molecule has 3 saturated carbocycles. The van der Waals surface area contributed by atoms with E-state index in [1.165, 1.54) is 18.4 Å². The first-order valence-electron chi connectivity index (χ1n) is 9.65. The second-order valence-electron chi connectivity index (χ2n) is 9.34. The summed E-state index contributed by atoms with van der Waals surface area (Å²) < 4.78 is 0. The Morgan fingerprint density at radius 2 is 2.04 bits per heavy atom. The van der Waals surface area contributed by atoms with Crippen molar-refractivity contribution in [2.75, 3.05) is 0 Å². The zero-order chi connectivity index (χ0) is 17.3. The quantitative estimate of drug-likeness (QED) is 0.776. The van der Waals surface area contributed by atoms with E-state index in [0.717, 1.165) is 19.3 Å². The van der Waals surface area contributed by atoms with E-state index < -0.39 is 0 Å². The molecule has 0 aromatic heterocycles. The molecule has 0 heterocycles. The Morgan fingerprint density at radius 1 is 1.29 bits per heavy atom. The molecule has 4 aliphatic carbocycles. The van der Waals surface area contributed by atoms with E-state index in [1.807, 2.05) is 6.08 Å². The lowest BCUT2D eigenvalue weighted by atomic mass is 9.46. The van der Waals surface area contributed by atoms with Crippen molar-refractivity contribution in [3.05, 3.63) is 23.8 Å². The first kappa shape index (κ1) is 16.5. The summed E-state index contributed by atoms with van der Waals surface area (Å²) in [4.78, 5) is 11.8. The molecule has 132 valence electrons. The number of hydrogen-bond acceptors (Lipinski definition) is 3. The molecule has 0 aromatic rings. The molecule has 0 radical (unpaired) electrons. The summed E-state index contributed by atoms with van der Waals surface area (Å²) in [5, 5.41) is 11.2. The average Bonchev–Trinajstić information content (AvgIpc) is 2.84. The lowest BCUT2D eigenvalue weighted by Gasteiger charge is -2.59. The largest absolute Gasteiger partial charge is 0.393 e. The number of allylic oxidation sites excluding steroid dienone is 4. The lowest BCUT2D eigenvalue weighted by molar-refractivity contribution is -0.119. The second kappa shape index (κ2) is 5.28. The van der Waals surface area contributed by atoms with Gasteiger partial charge in [-0.3, -0.25) is 4.79 Å². The van der Waals surface area contributed by atoms with Crippen LogP contribution in [-0.4, -0.2) is 23.0 Å². The summed E-state index contributed by atoms with van der Waals surface area (Å²) in [7, 11) is 0. The molecule has 0 aromatic carbocycles. The van der Waals surface area contributed by atoms with Crippen molar-refractivity contribution in [2.45, 2.75) is 65.0 Å². The van der Waals surface area contributed by atoms with Gasteiger partial charge in [0.15, 0.2) is 5.78 Å². The highest BCUT2D eigenvalue weighted by molar-refractivity contribution is 6.01. The van der Waals surface area contributed by atoms with Gasteiger partial charge >= 0.3 is 0 Å². The number of nitrogens with two attached hydrogens (primary N) is 1. The lowest BCUT2D eigenvalue weighted by Crippen LogP contribution is -2.56. The van der Waals surface area contributed by atoms with Crippen molar-refractivity contribution < 1.29 is 9.90 Å². The monoisotopic (exact) mass is 329 g/mol. The zero-order valence-corrected chi connectivity index (χ0v) is 15.2. The van der Waals surface area contributed by atoms with Crippen LogP contribution in [0.15, 0.2) is 23.8 Å². The van der Waals surface area contributed by atoms with Crippen molar-refractivity contribution in [3.63, 3.8) is 0 Å². The van der Waals surface area contributed by atoms with Crippen LogP contribution in [0.1, 0.15) is 52.9 Å². The minimum absolute atomic E-state index is 0.106. The third-order valence-corrected chi connectivity index (χ3v) is 8.20. The zero-order valence-electron chi connectivity index (χ0n) is 15.2. The van der Waals surface area contributed by atoms with Crippen LogP contribution in [0.5, 0.6) is 0 Å². The van der Waals surface area contributed by atoms with Crippen LogP contribution < -0.4 is 5.73 Å². The summed E-state index contributed by atoms with van der Waals surface area (Å²) in [5.74, 6) is 2.07. The topological polar surface area (TPSA) is 63.3 Å². The Labute approximate surface area is 145 Å². The van der Waals surface area contributed by atoms with Gasteiger partial charge in [-0.2, -0.15) is 0 Å². The number of aliphatic hydroxyl groups excluding tert-OH is 1. The SMILES string of the molecule is CC(N)[C@H]1CC[C@H]2[C@@H]3CCC4=CC(=O)C=C[C@]4(C)[C@H]3[C@@H](O)C[C@]12C. The fourth-order valence-corrected chi connectivity index (χ4v) is 7.23. The molecule has 4 rings (SSSR count). The molecular formula is C21H31NO2. The molecule has 4 aliphatic rings. The predicted molar refractivity (Wildman–Crippen MR) is 95.1 cm³/mol. The van der Waals surface area contributed by atoms with E-state index in [2.05, 4.69) is 26.8 Å². The molecule has 3 N–H and O–H groups in total. The number of carbonyl (C=O) groups is 1. The molecule has 0 saturated heterocycles. The maximum Gasteiger partial charge on any atom is 0.178 e. The van der Waals surface area contributed by atoms with E-state index in [1.54, 1.807) is 6.08 Å². The maximum absolute atomic E-state index is 11.8. The first-order chi connectivity index (χ1) is 11.3. The number of fused-ring (bicyclic) bond motifs is 5. The summed E-state index contributed by atoms with van der Waals surface area (Å²) in [6.45, 7) is 6.75. The molecule has 0 aliphatic heterocycles. The van der Waals surface area contributed by atoms with Crippen LogP contribution in [0.2, 0.25) is 0 Å². The molecule has 24 heavy (non-hydrogen) atoms. The second-order valence-corrected chi connectivity index (χ2v) is 9.34. The number of rotatable bonds is 1. The van der Waals surface area contributed by atoms with Crippen molar-refractivity contribution in [1.82, 2.24) is 0 Å². The normalized spacial score (nSPS) is 51.5. The Hall–Kier alpha value is -0.930. The van der Waals surface area contributed by atoms with Gasteiger partial charge in [-0.25, -0.2) is 0 Å². The molecule has 3 heteroatoms. The number of aliphatic hydroxyl groups is 1. The van der Waals surface area contributed by atoms with Crippen LogP contribution in [-0.2, 0) is 4.79 Å². The van der Waals surface area contributed by atoms with Gasteiger partial charge < -0.3 is 10.8 Å². The highest BCUT2D eigenvalue weighted by atomic mass is 16.3. The van der Waals surface area contributed by atoms with Crippen molar-refractivity contribution >= 4 is 5.78 Å². The Kier molecular flexibility index (Phi) is 3.64. The van der Waals surface area contributed by atoms with E-state index in [4.69, 9.17) is 5.73 Å². The molecule has 0 amide bonds. The average molecular weight is 329 g/mol. The van der Waals surface area contributed by atoms with Gasteiger partial charge in [0, 0.05) is 17.4 Å². The fourth-order valence-electron chi connectivity index (χ4n) is 7.23. The van der Waals surface area contributed by atoms with Crippen LogP contribution in [0, 0.1) is 34.5 Å². The molecule has 0 bridgehead atoms. The van der Waals surface area contributed by atoms with Gasteiger partial charge in [-0.1, -0.05) is 25.5 Å². The van der Waals surface area contributed by atoms with Gasteiger partial charge in [0.25, 0.3) is 0 Å². The van der Waals surface area contributed by atoms with Gasteiger partial charge in [-0.05, 0) is 74.3 Å². The predicted octanol–water partition coefficient (Wildman–Crippen LogP) is 3.23. The fraction of sp³-hybridized carbons (Fsp3) is 0.762. The van der Waals surface area contributed by atoms with Gasteiger partial charge in [0.2, 0.25) is 0 Å². The number of ketones is 1. The minimum atomic E-state index is -0.304. The minimum Gasteiger partial charge on any atom is -0.393 e. The molecule has 8 atom stereocenters. The first-order valence-corrected chi connectivity index (χ1v) is 9.65. The van der Waals surface area contributed by atoms with Crippen molar-refractivity contribution in [3.8, 4) is 0 Å². The molecule has 3 fully saturated rings. The highest BCUT2D eigenvalue weighted by Gasteiger charge is 2.61. The van der Waals surface area contributed by atoms with Crippen LogP contribution >= 0.6 is 0 Å². The van der Waals surface area contributed by atoms with Crippen LogP contribution in [0.4, 0.5) is 0 Å². The van der Waals surface area contributed by atoms with Gasteiger partial charge in [0.1, 0.15) is 0 Å². The van der Waals surface area contributed by atoms with E-state index in [9.17, 15) is 9.90 Å². The third-order valence-electron chi connectivity index (χ3n) is 8.20. The Bertz CT molecular complexity index is 621. The van der Waals surface area contributed by atoms with E-state index in [0.29, 0.717) is 17.8 Å². The standard InChI is InChI=1S/C21H31NO2/c1-12(22)16-6-7-17-15-5-4-13-10-14(23)8-9-20(13,2)19(15)18(24)11-21(16,17)3/h8-10,12,15-19,24H,4-7,11,22H2,1-3H3/t12?,15-,16+,17-,18-,19+,20-,21+/m0/s1. The summed E-state index contributed by atoms with van der Waals surface area (Å²) >= 11 is 0. The van der Waals surface area contributed by atoms with E-state index in [-0.39, 0.29) is 34.7 Å². The smallest absolute Gasteiger partial charge is 0.178 e. The molecule has 1 unspecified atom stereocenters.